The van der Waals surface area contributed by atoms with Crippen molar-refractivity contribution in [1.29, 1.82) is 0 Å². The summed E-state index contributed by atoms with van der Waals surface area (Å²) in [6, 6.07) is 14.1. The van der Waals surface area contributed by atoms with Crippen molar-refractivity contribution in [2.75, 3.05) is 0 Å². The highest BCUT2D eigenvalue weighted by Gasteiger charge is 2.09. The van der Waals surface area contributed by atoms with Crippen molar-refractivity contribution < 1.29 is 8.83 Å². The van der Waals surface area contributed by atoms with E-state index in [0.717, 1.165) is 22.5 Å². The smallest absolute Gasteiger partial charge is 0.134 e. The second kappa shape index (κ2) is 4.70. The maximum absolute atomic E-state index is 5.74. The number of rotatable bonds is 4. The minimum absolute atomic E-state index is 0.174. The Hall–Kier alpha value is -2.00. The summed E-state index contributed by atoms with van der Waals surface area (Å²) in [4.78, 5) is 0. The Kier molecular flexibility index (Phi) is 2.90. The van der Waals surface area contributed by atoms with Crippen LogP contribution in [0, 0.1) is 0 Å². The van der Waals surface area contributed by atoms with Gasteiger partial charge >= 0.3 is 0 Å². The topological polar surface area (TPSA) is 38.3 Å². The Morgan fingerprint density at radius 1 is 1.17 bits per heavy atom. The third kappa shape index (κ3) is 2.17. The first-order chi connectivity index (χ1) is 8.83. The van der Waals surface area contributed by atoms with E-state index in [1.807, 2.05) is 30.3 Å². The van der Waals surface area contributed by atoms with Gasteiger partial charge in [0, 0.05) is 5.39 Å². The molecule has 0 aliphatic heterocycles. The fraction of sp³-hybridized carbons (Fsp3) is 0.200. The predicted octanol–water partition coefficient (Wildman–Crippen LogP) is 3.88. The van der Waals surface area contributed by atoms with Crippen LogP contribution < -0.4 is 5.32 Å². The summed E-state index contributed by atoms with van der Waals surface area (Å²) in [5, 5.41) is 4.51. The molecule has 0 radical (unpaired) electrons. The van der Waals surface area contributed by atoms with Crippen LogP contribution in [0.3, 0.4) is 0 Å². The van der Waals surface area contributed by atoms with E-state index in [2.05, 4.69) is 24.4 Å². The Balaban J connectivity index is 1.69. The molecule has 1 aromatic carbocycles. The van der Waals surface area contributed by atoms with Crippen molar-refractivity contribution in [2.45, 2.75) is 19.5 Å². The van der Waals surface area contributed by atoms with E-state index in [1.54, 1.807) is 6.26 Å². The van der Waals surface area contributed by atoms with Crippen LogP contribution in [0.5, 0.6) is 0 Å². The van der Waals surface area contributed by atoms with Crippen LogP contribution in [-0.4, -0.2) is 0 Å². The lowest BCUT2D eigenvalue weighted by atomic mass is 10.2. The average molecular weight is 241 g/mol. The normalized spacial score (nSPS) is 12.9. The SMILES string of the molecule is C[C@@H](NCc1cc2ccccc2o1)c1ccco1. The Bertz CT molecular complexity index is 592. The molecule has 0 aliphatic rings. The summed E-state index contributed by atoms with van der Waals surface area (Å²) in [5.74, 6) is 1.88. The van der Waals surface area contributed by atoms with E-state index in [1.165, 1.54) is 0 Å². The molecule has 0 amide bonds. The number of fused-ring (bicyclic) bond motifs is 1. The number of benzene rings is 1. The fourth-order valence-electron chi connectivity index (χ4n) is 2.02. The Labute approximate surface area is 105 Å². The van der Waals surface area contributed by atoms with Gasteiger partial charge in [-0.15, -0.1) is 0 Å². The van der Waals surface area contributed by atoms with Crippen molar-refractivity contribution >= 4 is 11.0 Å². The van der Waals surface area contributed by atoms with Gasteiger partial charge in [0.25, 0.3) is 0 Å². The molecule has 0 spiro atoms. The number of hydrogen-bond acceptors (Lipinski definition) is 3. The van der Waals surface area contributed by atoms with Crippen molar-refractivity contribution in [3.63, 3.8) is 0 Å². The summed E-state index contributed by atoms with van der Waals surface area (Å²) in [5.41, 5.74) is 0.931. The second-order valence-electron chi connectivity index (χ2n) is 4.37. The first-order valence-electron chi connectivity index (χ1n) is 6.07. The van der Waals surface area contributed by atoms with E-state index >= 15 is 0 Å². The van der Waals surface area contributed by atoms with E-state index in [0.29, 0.717) is 6.54 Å². The molecule has 3 rings (SSSR count). The lowest BCUT2D eigenvalue weighted by molar-refractivity contribution is 0.412. The molecule has 18 heavy (non-hydrogen) atoms. The van der Waals surface area contributed by atoms with E-state index in [9.17, 15) is 0 Å². The molecule has 0 saturated heterocycles. The molecule has 0 aliphatic carbocycles. The highest BCUT2D eigenvalue weighted by Crippen LogP contribution is 2.19. The quantitative estimate of drug-likeness (QED) is 0.753. The first kappa shape index (κ1) is 11.1. The third-order valence-corrected chi connectivity index (χ3v) is 3.03. The van der Waals surface area contributed by atoms with E-state index < -0.39 is 0 Å². The van der Waals surface area contributed by atoms with Gasteiger partial charge in [-0.2, -0.15) is 0 Å². The van der Waals surface area contributed by atoms with E-state index in [4.69, 9.17) is 8.83 Å². The highest BCUT2D eigenvalue weighted by atomic mass is 16.3. The molecule has 2 heterocycles. The fourth-order valence-corrected chi connectivity index (χ4v) is 2.02. The average Bonchev–Trinajstić information content (AvgIpc) is 3.04. The monoisotopic (exact) mass is 241 g/mol. The molecule has 92 valence electrons. The molecule has 3 aromatic rings. The summed E-state index contributed by atoms with van der Waals surface area (Å²) in [6.07, 6.45) is 1.69. The molecule has 1 N–H and O–H groups in total. The Morgan fingerprint density at radius 3 is 2.83 bits per heavy atom. The van der Waals surface area contributed by atoms with Crippen LogP contribution in [0.1, 0.15) is 24.5 Å². The van der Waals surface area contributed by atoms with Crippen molar-refractivity contribution in [2.24, 2.45) is 0 Å². The van der Waals surface area contributed by atoms with Gasteiger partial charge in [-0.05, 0) is 31.2 Å². The molecule has 1 atom stereocenters. The zero-order valence-electron chi connectivity index (χ0n) is 10.2. The summed E-state index contributed by atoms with van der Waals surface area (Å²) < 4.78 is 11.1. The minimum Gasteiger partial charge on any atom is -0.468 e. The summed E-state index contributed by atoms with van der Waals surface area (Å²) in [6.45, 7) is 2.76. The van der Waals surface area contributed by atoms with Crippen molar-refractivity contribution in [3.8, 4) is 0 Å². The van der Waals surface area contributed by atoms with Crippen LogP contribution >= 0.6 is 0 Å². The highest BCUT2D eigenvalue weighted by molar-refractivity contribution is 5.77. The number of para-hydroxylation sites is 1. The molecule has 0 unspecified atom stereocenters. The third-order valence-electron chi connectivity index (χ3n) is 3.03. The second-order valence-corrected chi connectivity index (χ2v) is 4.37. The van der Waals surface area contributed by atoms with Gasteiger partial charge < -0.3 is 14.2 Å². The molecule has 0 fully saturated rings. The van der Waals surface area contributed by atoms with Crippen molar-refractivity contribution in [3.05, 3.63) is 60.2 Å². The maximum atomic E-state index is 5.74. The molecule has 2 aromatic heterocycles. The Morgan fingerprint density at radius 2 is 2.06 bits per heavy atom. The number of furan rings is 2. The van der Waals surface area contributed by atoms with Crippen LogP contribution in [-0.2, 0) is 6.54 Å². The van der Waals surface area contributed by atoms with Gasteiger partial charge in [0.15, 0.2) is 0 Å². The minimum atomic E-state index is 0.174. The van der Waals surface area contributed by atoms with Crippen LogP contribution in [0.2, 0.25) is 0 Å². The first-order valence-corrected chi connectivity index (χ1v) is 6.07. The van der Waals surface area contributed by atoms with Gasteiger partial charge in [0.1, 0.15) is 17.1 Å². The van der Waals surface area contributed by atoms with Gasteiger partial charge in [-0.1, -0.05) is 18.2 Å². The molecule has 3 heteroatoms. The molecule has 0 saturated carbocycles. The number of nitrogens with one attached hydrogen (secondary N) is 1. The van der Waals surface area contributed by atoms with Crippen LogP contribution in [0.4, 0.5) is 0 Å². The summed E-state index contributed by atoms with van der Waals surface area (Å²) in [7, 11) is 0. The molecule has 3 nitrogen and oxygen atoms in total. The molecular formula is C15H15NO2. The van der Waals surface area contributed by atoms with Crippen LogP contribution in [0.25, 0.3) is 11.0 Å². The van der Waals surface area contributed by atoms with Gasteiger partial charge in [0.2, 0.25) is 0 Å². The standard InChI is InChI=1S/C15H15NO2/c1-11(14-7-4-8-17-14)16-10-13-9-12-5-2-3-6-15(12)18-13/h2-9,11,16H,10H2,1H3/t11-/m1/s1. The zero-order valence-corrected chi connectivity index (χ0v) is 10.2. The van der Waals surface area contributed by atoms with Crippen molar-refractivity contribution in [1.82, 2.24) is 5.32 Å². The lowest BCUT2D eigenvalue weighted by Crippen LogP contribution is -2.17. The van der Waals surface area contributed by atoms with Crippen LogP contribution in [0.15, 0.2) is 57.6 Å². The van der Waals surface area contributed by atoms with Gasteiger partial charge in [0.05, 0.1) is 18.8 Å². The van der Waals surface area contributed by atoms with E-state index in [-0.39, 0.29) is 6.04 Å². The number of hydrogen-bond donors (Lipinski definition) is 1. The largest absolute Gasteiger partial charge is 0.468 e. The molecular weight excluding hydrogens is 226 g/mol. The summed E-state index contributed by atoms with van der Waals surface area (Å²) >= 11 is 0. The predicted molar refractivity (Wildman–Crippen MR) is 70.2 cm³/mol. The molecule has 0 bridgehead atoms. The zero-order chi connectivity index (χ0) is 12.4. The lowest BCUT2D eigenvalue weighted by Gasteiger charge is -2.09. The van der Waals surface area contributed by atoms with Gasteiger partial charge in [-0.25, -0.2) is 0 Å². The van der Waals surface area contributed by atoms with Gasteiger partial charge in [-0.3, -0.25) is 0 Å². The maximum Gasteiger partial charge on any atom is 0.134 e.